The first kappa shape index (κ1) is 29.0. The molecule has 212 valence electrons. The van der Waals surface area contributed by atoms with Gasteiger partial charge in [0, 0.05) is 17.1 Å². The fraction of sp³-hybridized carbons (Fsp3) is 0.233. The minimum absolute atomic E-state index is 0.0304. The van der Waals surface area contributed by atoms with Crippen molar-refractivity contribution < 1.29 is 18.7 Å². The van der Waals surface area contributed by atoms with E-state index in [-0.39, 0.29) is 17.2 Å². The summed E-state index contributed by atoms with van der Waals surface area (Å²) in [6, 6.07) is 11.2. The van der Waals surface area contributed by atoms with Gasteiger partial charge in [0.1, 0.15) is 11.6 Å². The monoisotopic (exact) mass is 657 g/mol. The first-order valence-electron chi connectivity index (χ1n) is 12.7. The van der Waals surface area contributed by atoms with Crippen molar-refractivity contribution in [2.45, 2.75) is 33.7 Å². The van der Waals surface area contributed by atoms with Crippen molar-refractivity contribution >= 4 is 50.9 Å². The van der Waals surface area contributed by atoms with Crippen LogP contribution in [0.3, 0.4) is 0 Å². The van der Waals surface area contributed by atoms with E-state index in [1.165, 1.54) is 17.4 Å². The molecule has 0 saturated heterocycles. The standard InChI is InChI=1S/C30H26BrClFN3O4S/c1-6-40-29(38)26-16(3)34-30-36(27(26)18-7-10-24(39-5)21(31)12-18)28(37)25(41-30)13-19-11-15(2)35(17(19)4)20-8-9-23(33)22(32)14-20/h7-14,27H,6H2,1-5H3/b25-13+/t27-/m0/s1. The maximum absolute atomic E-state index is 14.0. The fourth-order valence-electron chi connectivity index (χ4n) is 5.06. The predicted molar refractivity (Wildman–Crippen MR) is 161 cm³/mol. The normalized spacial score (nSPS) is 15.1. The second kappa shape index (κ2) is 11.4. The van der Waals surface area contributed by atoms with E-state index in [1.54, 1.807) is 43.7 Å². The molecule has 0 saturated carbocycles. The van der Waals surface area contributed by atoms with Crippen molar-refractivity contribution in [2.75, 3.05) is 13.7 Å². The van der Waals surface area contributed by atoms with E-state index in [0.29, 0.717) is 42.1 Å². The average molecular weight is 659 g/mol. The molecule has 0 N–H and O–H groups in total. The number of aromatic nitrogens is 2. The van der Waals surface area contributed by atoms with Gasteiger partial charge in [-0.3, -0.25) is 9.36 Å². The summed E-state index contributed by atoms with van der Waals surface area (Å²) in [6.45, 7) is 7.52. The molecular formula is C30H26BrClFN3O4S. The lowest BCUT2D eigenvalue weighted by molar-refractivity contribution is -0.139. The summed E-state index contributed by atoms with van der Waals surface area (Å²) >= 11 is 10.8. The van der Waals surface area contributed by atoms with Gasteiger partial charge in [0.25, 0.3) is 5.56 Å². The van der Waals surface area contributed by atoms with E-state index in [2.05, 4.69) is 20.9 Å². The van der Waals surface area contributed by atoms with Gasteiger partial charge >= 0.3 is 5.97 Å². The number of thiazole rings is 1. The lowest BCUT2D eigenvalue weighted by atomic mass is 9.96. The molecule has 0 fully saturated rings. The van der Waals surface area contributed by atoms with Crippen molar-refractivity contribution in [2.24, 2.45) is 4.99 Å². The third-order valence-electron chi connectivity index (χ3n) is 6.93. The van der Waals surface area contributed by atoms with Crippen LogP contribution in [-0.4, -0.2) is 28.8 Å². The number of aryl methyl sites for hydroxylation is 1. The molecule has 4 aromatic rings. The van der Waals surface area contributed by atoms with E-state index in [1.807, 2.05) is 42.7 Å². The Hall–Kier alpha value is -3.47. The zero-order chi connectivity index (χ0) is 29.6. The third kappa shape index (κ3) is 5.20. The number of esters is 1. The van der Waals surface area contributed by atoms with Gasteiger partial charge in [-0.15, -0.1) is 0 Å². The first-order valence-corrected chi connectivity index (χ1v) is 14.7. The molecule has 7 nitrogen and oxygen atoms in total. The quantitative estimate of drug-likeness (QED) is 0.247. The van der Waals surface area contributed by atoms with Gasteiger partial charge in [-0.25, -0.2) is 14.2 Å². The second-order valence-electron chi connectivity index (χ2n) is 9.46. The molecular weight excluding hydrogens is 633 g/mol. The highest BCUT2D eigenvalue weighted by atomic mass is 79.9. The molecule has 11 heteroatoms. The Kier molecular flexibility index (Phi) is 8.09. The molecule has 0 aliphatic carbocycles. The Labute approximate surface area is 253 Å². The highest BCUT2D eigenvalue weighted by Gasteiger charge is 2.33. The summed E-state index contributed by atoms with van der Waals surface area (Å²) in [4.78, 5) is 32.3. The van der Waals surface area contributed by atoms with Crippen LogP contribution in [0.1, 0.15) is 42.4 Å². The van der Waals surface area contributed by atoms with Gasteiger partial charge in [0.15, 0.2) is 4.80 Å². The van der Waals surface area contributed by atoms with Crippen LogP contribution in [-0.2, 0) is 9.53 Å². The Morgan fingerprint density at radius 3 is 2.61 bits per heavy atom. The van der Waals surface area contributed by atoms with Crippen LogP contribution < -0.4 is 19.6 Å². The van der Waals surface area contributed by atoms with Gasteiger partial charge in [-0.2, -0.15) is 0 Å². The van der Waals surface area contributed by atoms with Crippen molar-refractivity contribution in [3.63, 3.8) is 0 Å². The van der Waals surface area contributed by atoms with E-state index in [0.717, 1.165) is 17.0 Å². The highest BCUT2D eigenvalue weighted by molar-refractivity contribution is 9.10. The Balaban J connectivity index is 1.70. The number of carbonyl (C=O) groups is 1. The smallest absolute Gasteiger partial charge is 0.338 e. The molecule has 2 aromatic carbocycles. The minimum Gasteiger partial charge on any atom is -0.496 e. The number of benzene rings is 2. The van der Waals surface area contributed by atoms with E-state index >= 15 is 0 Å². The van der Waals surface area contributed by atoms with Crippen molar-refractivity contribution in [3.05, 3.63) is 111 Å². The SMILES string of the molecule is CCOC(=O)C1=C(C)N=c2s/c(=C/c3cc(C)n(-c4ccc(F)c(Cl)c4)c3C)c(=O)n2[C@H]1c1ccc(OC)c(Br)c1. The molecule has 5 rings (SSSR count). The molecule has 0 amide bonds. The lowest BCUT2D eigenvalue weighted by Crippen LogP contribution is -2.40. The van der Waals surface area contributed by atoms with Crippen LogP contribution in [0.2, 0.25) is 5.02 Å². The number of hydrogen-bond acceptors (Lipinski definition) is 6. The van der Waals surface area contributed by atoms with Crippen LogP contribution in [0.4, 0.5) is 4.39 Å². The molecule has 1 aliphatic rings. The number of allylic oxidation sites excluding steroid dienone is 1. The fourth-order valence-corrected chi connectivity index (χ4v) is 6.83. The van der Waals surface area contributed by atoms with Crippen LogP contribution in [0.15, 0.2) is 68.0 Å². The Morgan fingerprint density at radius 2 is 1.95 bits per heavy atom. The molecule has 41 heavy (non-hydrogen) atoms. The third-order valence-corrected chi connectivity index (χ3v) is 8.82. The molecule has 1 atom stereocenters. The highest BCUT2D eigenvalue weighted by Crippen LogP contribution is 2.35. The topological polar surface area (TPSA) is 74.8 Å². The largest absolute Gasteiger partial charge is 0.496 e. The number of fused-ring (bicyclic) bond motifs is 1. The second-order valence-corrected chi connectivity index (χ2v) is 11.7. The van der Waals surface area contributed by atoms with Gasteiger partial charge in [0.05, 0.1) is 45.1 Å². The molecule has 0 bridgehead atoms. The van der Waals surface area contributed by atoms with Gasteiger partial charge in [-0.1, -0.05) is 29.0 Å². The predicted octanol–water partition coefficient (Wildman–Crippen LogP) is 5.77. The Bertz CT molecular complexity index is 1920. The molecule has 1 aliphatic heterocycles. The van der Waals surface area contributed by atoms with Crippen LogP contribution in [0.5, 0.6) is 5.75 Å². The summed E-state index contributed by atoms with van der Waals surface area (Å²) in [5.74, 6) is -0.394. The zero-order valence-electron chi connectivity index (χ0n) is 22.9. The van der Waals surface area contributed by atoms with Crippen LogP contribution in [0.25, 0.3) is 11.8 Å². The van der Waals surface area contributed by atoms with E-state index < -0.39 is 17.8 Å². The number of hydrogen-bond donors (Lipinski definition) is 0. The summed E-state index contributed by atoms with van der Waals surface area (Å²) < 4.78 is 29.2. The average Bonchev–Trinajstić information content (AvgIpc) is 3.38. The van der Waals surface area contributed by atoms with Crippen LogP contribution >= 0.6 is 38.9 Å². The number of methoxy groups -OCH3 is 1. The molecule has 3 heterocycles. The van der Waals surface area contributed by atoms with Crippen molar-refractivity contribution in [1.29, 1.82) is 0 Å². The lowest BCUT2D eigenvalue weighted by Gasteiger charge is -2.25. The molecule has 2 aromatic heterocycles. The number of nitrogens with zero attached hydrogens (tertiary/aromatic N) is 3. The van der Waals surface area contributed by atoms with Gasteiger partial charge in [-0.05, 0) is 97.2 Å². The van der Waals surface area contributed by atoms with Crippen molar-refractivity contribution in [3.8, 4) is 11.4 Å². The first-order chi connectivity index (χ1) is 19.5. The summed E-state index contributed by atoms with van der Waals surface area (Å²) in [5, 5.41) is 0.0304. The maximum atomic E-state index is 14.0. The zero-order valence-corrected chi connectivity index (χ0v) is 26.1. The molecule has 0 unspecified atom stereocenters. The Morgan fingerprint density at radius 1 is 1.20 bits per heavy atom. The minimum atomic E-state index is -0.747. The number of halogens is 3. The van der Waals surface area contributed by atoms with Gasteiger partial charge < -0.3 is 14.0 Å². The van der Waals surface area contributed by atoms with E-state index in [4.69, 9.17) is 21.1 Å². The van der Waals surface area contributed by atoms with E-state index in [9.17, 15) is 14.0 Å². The number of carbonyl (C=O) groups excluding carboxylic acids is 1. The molecule has 0 spiro atoms. The summed E-state index contributed by atoms with van der Waals surface area (Å²) in [6.07, 6.45) is 1.82. The van der Waals surface area contributed by atoms with Crippen LogP contribution in [0, 0.1) is 19.7 Å². The summed E-state index contributed by atoms with van der Waals surface area (Å²) in [7, 11) is 1.57. The molecule has 0 radical (unpaired) electrons. The maximum Gasteiger partial charge on any atom is 0.338 e. The van der Waals surface area contributed by atoms with Gasteiger partial charge in [0.2, 0.25) is 0 Å². The number of ether oxygens (including phenoxy) is 2. The number of rotatable bonds is 6. The van der Waals surface area contributed by atoms with Crippen molar-refractivity contribution in [1.82, 2.24) is 9.13 Å². The summed E-state index contributed by atoms with van der Waals surface area (Å²) in [5.41, 5.74) is 4.49.